The normalized spacial score (nSPS) is 11.8. The number of halogens is 3. The average Bonchev–Trinajstić information content (AvgIpc) is 2.60. The summed E-state index contributed by atoms with van der Waals surface area (Å²) in [5, 5.41) is 2.11. The summed E-state index contributed by atoms with van der Waals surface area (Å²) in [5.74, 6) is 10.8. The summed E-state index contributed by atoms with van der Waals surface area (Å²) >= 11 is 0. The first kappa shape index (κ1) is 18.9. The molecule has 2 heterocycles. The standard InChI is InChI=1S/C14H14F3N7O2/c15-14(16,17)9-4-5-20-11(6-9)23-13(25)26-7-10-2-1-3-12(22-10)24(19)8-21-18/h1-6,8H,7,18-19H2,(H,20,23,25)/p+1. The number of hydrogen-bond acceptors (Lipinski definition) is 6. The largest absolute Gasteiger partial charge is 0.441 e. The van der Waals surface area contributed by atoms with E-state index in [9.17, 15) is 18.0 Å². The summed E-state index contributed by atoms with van der Waals surface area (Å²) in [7, 11) is 0. The van der Waals surface area contributed by atoms with Gasteiger partial charge in [-0.3, -0.25) is 11.2 Å². The van der Waals surface area contributed by atoms with Crippen LogP contribution in [0.2, 0.25) is 0 Å². The van der Waals surface area contributed by atoms with Crippen molar-refractivity contribution in [2.24, 2.45) is 11.7 Å². The first-order valence-electron chi connectivity index (χ1n) is 7.06. The van der Waals surface area contributed by atoms with Crippen LogP contribution in [0, 0.1) is 0 Å². The van der Waals surface area contributed by atoms with Crippen molar-refractivity contribution in [3.63, 3.8) is 0 Å². The Labute approximate surface area is 145 Å². The molecule has 2 aromatic heterocycles. The quantitative estimate of drug-likeness (QED) is 0.205. The highest BCUT2D eigenvalue weighted by molar-refractivity contribution is 5.83. The number of nitrogens with two attached hydrogens (primary N) is 2. The van der Waals surface area contributed by atoms with Gasteiger partial charge in [-0.25, -0.2) is 21.0 Å². The van der Waals surface area contributed by atoms with Crippen LogP contribution in [0.3, 0.4) is 0 Å². The number of hydrazone groups is 1. The van der Waals surface area contributed by atoms with E-state index in [1.807, 2.05) is 0 Å². The van der Waals surface area contributed by atoms with Gasteiger partial charge in [-0.15, -0.1) is 9.67 Å². The lowest BCUT2D eigenvalue weighted by Gasteiger charge is -2.09. The van der Waals surface area contributed by atoms with Gasteiger partial charge in [0.2, 0.25) is 6.34 Å². The molecular weight excluding hydrogens is 355 g/mol. The molecule has 0 saturated carbocycles. The molecule has 2 aromatic rings. The Kier molecular flexibility index (Phi) is 5.90. The van der Waals surface area contributed by atoms with E-state index in [-0.39, 0.29) is 12.4 Å². The van der Waals surface area contributed by atoms with Gasteiger partial charge in [-0.05, 0) is 18.2 Å². The molecule has 0 aromatic carbocycles. The van der Waals surface area contributed by atoms with Gasteiger partial charge in [-0.1, -0.05) is 6.07 Å². The van der Waals surface area contributed by atoms with Gasteiger partial charge < -0.3 is 4.74 Å². The average molecular weight is 370 g/mol. The number of rotatable bonds is 5. The summed E-state index contributed by atoms with van der Waals surface area (Å²) < 4.78 is 43.9. The molecule has 0 bridgehead atoms. The van der Waals surface area contributed by atoms with Gasteiger partial charge in [0.1, 0.15) is 5.82 Å². The van der Waals surface area contributed by atoms with Gasteiger partial charge >= 0.3 is 12.3 Å². The molecule has 0 saturated heterocycles. The van der Waals surface area contributed by atoms with Crippen LogP contribution in [0.1, 0.15) is 11.3 Å². The third-order valence-corrected chi connectivity index (χ3v) is 2.94. The first-order chi connectivity index (χ1) is 12.3. The second-order valence-corrected chi connectivity index (χ2v) is 4.82. The molecule has 1 amide bonds. The van der Waals surface area contributed by atoms with Crippen LogP contribution in [0.5, 0.6) is 0 Å². The van der Waals surface area contributed by atoms with Crippen LogP contribution in [-0.4, -0.2) is 27.1 Å². The SMILES string of the molecule is NN/C=[N+](\N)c1cccc(COC(=O)Nc2cc(C(F)(F)F)ccn2)n1. The lowest BCUT2D eigenvalue weighted by atomic mass is 10.2. The summed E-state index contributed by atoms with van der Waals surface area (Å²) in [5.41, 5.74) is 1.65. The van der Waals surface area contributed by atoms with E-state index in [2.05, 4.69) is 20.7 Å². The predicted octanol–water partition coefficient (Wildman–Crippen LogP) is 1.25. The van der Waals surface area contributed by atoms with Crippen molar-refractivity contribution in [1.29, 1.82) is 0 Å². The van der Waals surface area contributed by atoms with E-state index < -0.39 is 17.8 Å². The molecule has 2 rings (SSSR count). The number of alkyl halides is 3. The fourth-order valence-corrected chi connectivity index (χ4v) is 1.79. The van der Waals surface area contributed by atoms with Crippen LogP contribution in [0.15, 0.2) is 36.5 Å². The summed E-state index contributed by atoms with van der Waals surface area (Å²) in [6, 6.07) is 6.27. The number of pyridine rings is 2. The van der Waals surface area contributed by atoms with E-state index in [0.717, 1.165) is 16.9 Å². The summed E-state index contributed by atoms with van der Waals surface area (Å²) in [4.78, 5) is 19.5. The minimum atomic E-state index is -4.54. The molecule has 0 unspecified atom stereocenters. The zero-order chi connectivity index (χ0) is 19.2. The molecule has 0 spiro atoms. The number of nitrogens with one attached hydrogen (secondary N) is 2. The lowest BCUT2D eigenvalue weighted by Crippen LogP contribution is -2.29. The number of aromatic nitrogens is 2. The molecule has 0 aliphatic rings. The number of amides is 1. The Hall–Kier alpha value is -3.41. The summed E-state index contributed by atoms with van der Waals surface area (Å²) in [6.45, 7) is -0.234. The maximum absolute atomic E-state index is 12.6. The topological polar surface area (TPSA) is 131 Å². The maximum Gasteiger partial charge on any atom is 0.416 e. The third kappa shape index (κ3) is 5.31. The zero-order valence-corrected chi connectivity index (χ0v) is 13.2. The van der Waals surface area contributed by atoms with E-state index in [1.54, 1.807) is 18.2 Å². The number of hydrazine groups is 2. The van der Waals surface area contributed by atoms with Crippen LogP contribution >= 0.6 is 0 Å². The number of anilines is 1. The molecule has 26 heavy (non-hydrogen) atoms. The van der Waals surface area contributed by atoms with Gasteiger partial charge in [0.15, 0.2) is 12.3 Å². The molecule has 0 aliphatic heterocycles. The molecule has 0 radical (unpaired) electrons. The molecule has 12 heteroatoms. The zero-order valence-electron chi connectivity index (χ0n) is 13.2. The van der Waals surface area contributed by atoms with E-state index >= 15 is 0 Å². The van der Waals surface area contributed by atoms with Gasteiger partial charge in [0.25, 0.3) is 5.82 Å². The van der Waals surface area contributed by atoms with Gasteiger partial charge in [-0.2, -0.15) is 13.2 Å². The van der Waals surface area contributed by atoms with Gasteiger partial charge in [0.05, 0.1) is 5.56 Å². The minimum Gasteiger partial charge on any atom is -0.441 e. The third-order valence-electron chi connectivity index (χ3n) is 2.94. The lowest BCUT2D eigenvalue weighted by molar-refractivity contribution is -0.453. The second kappa shape index (κ2) is 8.11. The molecule has 6 N–H and O–H groups in total. The van der Waals surface area contributed by atoms with Crippen molar-refractivity contribution in [3.8, 4) is 0 Å². The Balaban J connectivity index is 1.97. The summed E-state index contributed by atoms with van der Waals surface area (Å²) in [6.07, 6.45) is -3.35. The Morgan fingerprint density at radius 1 is 1.35 bits per heavy atom. The molecule has 0 atom stereocenters. The Morgan fingerprint density at radius 3 is 2.81 bits per heavy atom. The van der Waals surface area contributed by atoms with Crippen LogP contribution in [0.25, 0.3) is 0 Å². The fourth-order valence-electron chi connectivity index (χ4n) is 1.79. The Bertz CT molecular complexity index is 811. The molecule has 0 fully saturated rings. The number of ether oxygens (including phenoxy) is 1. The highest BCUT2D eigenvalue weighted by atomic mass is 19.4. The van der Waals surface area contributed by atoms with E-state index in [0.29, 0.717) is 17.6 Å². The van der Waals surface area contributed by atoms with Crippen molar-refractivity contribution in [2.75, 3.05) is 5.32 Å². The van der Waals surface area contributed by atoms with Crippen molar-refractivity contribution >= 4 is 24.1 Å². The highest BCUT2D eigenvalue weighted by Gasteiger charge is 2.30. The van der Waals surface area contributed by atoms with Crippen LogP contribution in [0.4, 0.5) is 29.6 Å². The number of nitrogens with zero attached hydrogens (tertiary/aromatic N) is 3. The van der Waals surface area contributed by atoms with Gasteiger partial charge in [0, 0.05) is 12.3 Å². The van der Waals surface area contributed by atoms with Crippen LogP contribution < -0.4 is 22.4 Å². The monoisotopic (exact) mass is 370 g/mol. The molecule has 9 nitrogen and oxygen atoms in total. The predicted molar refractivity (Wildman–Crippen MR) is 84.8 cm³/mol. The minimum absolute atomic E-state index is 0.234. The number of carbonyl (C=O) groups excluding carboxylic acids is 1. The van der Waals surface area contributed by atoms with Crippen molar-refractivity contribution in [3.05, 3.63) is 47.8 Å². The number of carbonyl (C=O) groups is 1. The second-order valence-electron chi connectivity index (χ2n) is 4.82. The number of hydrogen-bond donors (Lipinski definition) is 4. The van der Waals surface area contributed by atoms with E-state index in [1.165, 1.54) is 6.34 Å². The smallest absolute Gasteiger partial charge is 0.416 e. The molecular formula is C14H15F3N7O2+. The Morgan fingerprint density at radius 2 is 2.12 bits per heavy atom. The first-order valence-corrected chi connectivity index (χ1v) is 7.06. The maximum atomic E-state index is 12.6. The van der Waals surface area contributed by atoms with Crippen molar-refractivity contribution < 1.29 is 27.4 Å². The van der Waals surface area contributed by atoms with Crippen molar-refractivity contribution in [1.82, 2.24) is 15.4 Å². The molecule has 0 aliphatic carbocycles. The highest BCUT2D eigenvalue weighted by Crippen LogP contribution is 2.29. The van der Waals surface area contributed by atoms with Crippen LogP contribution in [-0.2, 0) is 17.5 Å². The van der Waals surface area contributed by atoms with Crippen molar-refractivity contribution in [2.45, 2.75) is 12.8 Å². The fraction of sp³-hybridized carbons (Fsp3) is 0.143. The molecule has 138 valence electrons. The van der Waals surface area contributed by atoms with E-state index in [4.69, 9.17) is 16.4 Å².